The van der Waals surface area contributed by atoms with E-state index in [1.165, 1.54) is 0 Å². The summed E-state index contributed by atoms with van der Waals surface area (Å²) in [5.41, 5.74) is -1.19. The summed E-state index contributed by atoms with van der Waals surface area (Å²) in [6.07, 6.45) is 0.235. The molecule has 3 N–H and O–H groups in total. The Morgan fingerprint density at radius 3 is 2.69 bits per heavy atom. The van der Waals surface area contributed by atoms with Crippen LogP contribution < -0.4 is 15.4 Å². The number of ether oxygens (including phenoxy) is 1. The third-order valence-electron chi connectivity index (χ3n) is 4.09. The van der Waals surface area contributed by atoms with Crippen molar-refractivity contribution in [3.05, 3.63) is 59.7 Å². The predicted molar refractivity (Wildman–Crippen MR) is 88.4 cm³/mol. The number of carbonyl (C=O) groups excluding carboxylic acids is 2. The van der Waals surface area contributed by atoms with Crippen molar-refractivity contribution in [1.82, 2.24) is 5.32 Å². The molecule has 8 heteroatoms. The van der Waals surface area contributed by atoms with Crippen LogP contribution in [0.2, 0.25) is 0 Å². The van der Waals surface area contributed by atoms with E-state index in [0.29, 0.717) is 17.4 Å². The molecular formula is C18H16F2N2O4. The van der Waals surface area contributed by atoms with E-state index in [1.54, 1.807) is 24.3 Å². The molecule has 2 amide bonds. The molecule has 2 aromatic carbocycles. The molecule has 136 valence electrons. The fraction of sp³-hybridized carbons (Fsp3) is 0.222. The Bertz CT molecular complexity index is 859. The minimum absolute atomic E-state index is 0.217. The van der Waals surface area contributed by atoms with Gasteiger partial charge in [0.1, 0.15) is 23.0 Å². The van der Waals surface area contributed by atoms with Gasteiger partial charge in [-0.1, -0.05) is 18.2 Å². The molecule has 3 rings (SSSR count). The second kappa shape index (κ2) is 7.09. The maximum atomic E-state index is 13.5. The number of benzene rings is 2. The zero-order chi connectivity index (χ0) is 18.7. The molecule has 0 aliphatic carbocycles. The third kappa shape index (κ3) is 3.65. The first-order valence-electron chi connectivity index (χ1n) is 7.88. The van der Waals surface area contributed by atoms with Crippen LogP contribution in [0.3, 0.4) is 0 Å². The molecule has 0 radical (unpaired) electrons. The van der Waals surface area contributed by atoms with Crippen LogP contribution >= 0.6 is 0 Å². The zero-order valence-electron chi connectivity index (χ0n) is 13.6. The van der Waals surface area contributed by atoms with Crippen LogP contribution in [0.25, 0.3) is 0 Å². The van der Waals surface area contributed by atoms with Crippen LogP contribution in [0.15, 0.2) is 42.5 Å². The Balaban J connectivity index is 1.64. The van der Waals surface area contributed by atoms with Gasteiger partial charge in [0.25, 0.3) is 0 Å². The van der Waals surface area contributed by atoms with Gasteiger partial charge in [0, 0.05) is 18.1 Å². The largest absolute Gasteiger partial charge is 0.493 e. The second-order valence-electron chi connectivity index (χ2n) is 5.89. The molecule has 1 aliphatic rings. The lowest BCUT2D eigenvalue weighted by Gasteiger charge is -2.34. The highest BCUT2D eigenvalue weighted by Crippen LogP contribution is 2.36. The van der Waals surface area contributed by atoms with Crippen LogP contribution in [0.5, 0.6) is 5.75 Å². The number of rotatable bonds is 3. The third-order valence-corrected chi connectivity index (χ3v) is 4.09. The number of amides is 2. The summed E-state index contributed by atoms with van der Waals surface area (Å²) in [5, 5.41) is 15.2. The molecule has 1 unspecified atom stereocenters. The predicted octanol–water partition coefficient (Wildman–Crippen LogP) is 1.69. The van der Waals surface area contributed by atoms with Gasteiger partial charge in [-0.25, -0.2) is 8.78 Å². The standard InChI is InChI=1S/C18H16F2N2O4/c19-11-5-6-14(13(20)9-11)22-17(24)16(23)21-10-18(25)7-8-26-15-4-2-1-3-12(15)18/h1-6,9,25H,7-8,10H2,(H,21,23)(H,22,24). The smallest absolute Gasteiger partial charge is 0.313 e. The SMILES string of the molecule is O=C(NCC1(O)CCOc2ccccc21)C(=O)Nc1ccc(F)cc1F. The van der Waals surface area contributed by atoms with Crippen LogP contribution in [-0.2, 0) is 15.2 Å². The molecule has 6 nitrogen and oxygen atoms in total. The highest BCUT2D eigenvalue weighted by atomic mass is 19.1. The van der Waals surface area contributed by atoms with Crippen LogP contribution in [0, 0.1) is 11.6 Å². The average Bonchev–Trinajstić information content (AvgIpc) is 2.62. The topological polar surface area (TPSA) is 87.7 Å². The van der Waals surface area contributed by atoms with Crippen LogP contribution in [0.4, 0.5) is 14.5 Å². The van der Waals surface area contributed by atoms with E-state index in [1.807, 2.05) is 0 Å². The van der Waals surface area contributed by atoms with Gasteiger partial charge in [0.05, 0.1) is 18.8 Å². The number of nitrogens with one attached hydrogen (secondary N) is 2. The fourth-order valence-electron chi connectivity index (χ4n) is 2.70. The van der Waals surface area contributed by atoms with E-state index in [0.717, 1.165) is 12.1 Å². The lowest BCUT2D eigenvalue weighted by atomic mass is 9.88. The number of para-hydroxylation sites is 1. The molecule has 1 atom stereocenters. The Kier molecular flexibility index (Phi) is 4.85. The summed E-state index contributed by atoms with van der Waals surface area (Å²) in [7, 11) is 0. The molecule has 0 bridgehead atoms. The van der Waals surface area contributed by atoms with Gasteiger partial charge in [0.2, 0.25) is 0 Å². The van der Waals surface area contributed by atoms with Crippen molar-refractivity contribution in [2.75, 3.05) is 18.5 Å². The highest BCUT2D eigenvalue weighted by molar-refractivity contribution is 6.39. The number of hydrogen-bond acceptors (Lipinski definition) is 4. The van der Waals surface area contributed by atoms with E-state index in [9.17, 15) is 23.5 Å². The zero-order valence-corrected chi connectivity index (χ0v) is 13.6. The lowest BCUT2D eigenvalue weighted by Crippen LogP contribution is -2.46. The lowest BCUT2D eigenvalue weighted by molar-refractivity contribution is -0.137. The van der Waals surface area contributed by atoms with Gasteiger partial charge in [-0.15, -0.1) is 0 Å². The molecule has 1 aliphatic heterocycles. The maximum absolute atomic E-state index is 13.5. The summed E-state index contributed by atoms with van der Waals surface area (Å²) >= 11 is 0. The van der Waals surface area contributed by atoms with E-state index >= 15 is 0 Å². The first-order valence-corrected chi connectivity index (χ1v) is 7.88. The number of hydrogen-bond donors (Lipinski definition) is 3. The monoisotopic (exact) mass is 362 g/mol. The molecule has 0 saturated carbocycles. The van der Waals surface area contributed by atoms with Gasteiger partial charge in [-0.3, -0.25) is 9.59 Å². The van der Waals surface area contributed by atoms with Gasteiger partial charge < -0.3 is 20.5 Å². The van der Waals surface area contributed by atoms with Crippen molar-refractivity contribution >= 4 is 17.5 Å². The van der Waals surface area contributed by atoms with Crippen molar-refractivity contribution in [2.45, 2.75) is 12.0 Å². The Hall–Kier alpha value is -3.00. The Morgan fingerprint density at radius 1 is 1.15 bits per heavy atom. The summed E-state index contributed by atoms with van der Waals surface area (Å²) < 4.78 is 31.9. The molecule has 26 heavy (non-hydrogen) atoms. The highest BCUT2D eigenvalue weighted by Gasteiger charge is 2.36. The van der Waals surface area contributed by atoms with Gasteiger partial charge in [-0.05, 0) is 18.2 Å². The average molecular weight is 362 g/mol. The number of fused-ring (bicyclic) bond motifs is 1. The van der Waals surface area contributed by atoms with Gasteiger partial charge in [-0.2, -0.15) is 0 Å². The minimum atomic E-state index is -1.38. The summed E-state index contributed by atoms with van der Waals surface area (Å²) in [4.78, 5) is 23.8. The van der Waals surface area contributed by atoms with E-state index in [-0.39, 0.29) is 25.3 Å². The first-order chi connectivity index (χ1) is 12.4. The first kappa shape index (κ1) is 17.8. The molecule has 0 saturated heterocycles. The van der Waals surface area contributed by atoms with Crippen molar-refractivity contribution in [1.29, 1.82) is 0 Å². The van der Waals surface area contributed by atoms with E-state index < -0.39 is 29.0 Å². The molecule has 0 fully saturated rings. The van der Waals surface area contributed by atoms with Crippen LogP contribution in [-0.4, -0.2) is 30.1 Å². The summed E-state index contributed by atoms with van der Waals surface area (Å²) in [6.45, 7) is 0.0435. The Labute approximate surface area is 147 Å². The molecule has 0 aromatic heterocycles. The second-order valence-corrected chi connectivity index (χ2v) is 5.89. The van der Waals surface area contributed by atoms with E-state index in [4.69, 9.17) is 4.74 Å². The molecule has 2 aromatic rings. The number of anilines is 1. The normalized spacial score (nSPS) is 18.4. The van der Waals surface area contributed by atoms with Crippen molar-refractivity contribution in [3.63, 3.8) is 0 Å². The van der Waals surface area contributed by atoms with Crippen molar-refractivity contribution in [2.24, 2.45) is 0 Å². The van der Waals surface area contributed by atoms with Gasteiger partial charge in [0.15, 0.2) is 0 Å². The van der Waals surface area contributed by atoms with Crippen molar-refractivity contribution in [3.8, 4) is 5.75 Å². The number of aliphatic hydroxyl groups is 1. The fourth-order valence-corrected chi connectivity index (χ4v) is 2.70. The van der Waals surface area contributed by atoms with Crippen LogP contribution in [0.1, 0.15) is 12.0 Å². The molecule has 1 heterocycles. The minimum Gasteiger partial charge on any atom is -0.493 e. The number of carbonyl (C=O) groups is 2. The Morgan fingerprint density at radius 2 is 1.92 bits per heavy atom. The van der Waals surface area contributed by atoms with Gasteiger partial charge >= 0.3 is 11.8 Å². The summed E-state index contributed by atoms with van der Waals surface area (Å²) in [6, 6.07) is 9.42. The molecular weight excluding hydrogens is 346 g/mol. The molecule has 0 spiro atoms. The quantitative estimate of drug-likeness (QED) is 0.725. The maximum Gasteiger partial charge on any atom is 0.313 e. The summed E-state index contributed by atoms with van der Waals surface area (Å²) in [5.74, 6) is -3.47. The number of halogens is 2. The van der Waals surface area contributed by atoms with Crippen molar-refractivity contribution < 1.29 is 28.2 Å². The van der Waals surface area contributed by atoms with E-state index in [2.05, 4.69) is 10.6 Å².